The van der Waals surface area contributed by atoms with E-state index in [9.17, 15) is 4.79 Å². The lowest BCUT2D eigenvalue weighted by Gasteiger charge is -2.43. The van der Waals surface area contributed by atoms with Gasteiger partial charge in [-0.2, -0.15) is 0 Å². The number of amides is 1. The first-order valence-electron chi connectivity index (χ1n) is 15.3. The van der Waals surface area contributed by atoms with E-state index in [1.165, 1.54) is 56.1 Å². The van der Waals surface area contributed by atoms with E-state index < -0.39 is 0 Å². The van der Waals surface area contributed by atoms with E-state index in [2.05, 4.69) is 54.6 Å². The Hall–Kier alpha value is -2.77. The predicted molar refractivity (Wildman–Crippen MR) is 158 cm³/mol. The number of ether oxygens (including phenoxy) is 1. The number of nitrogens with zero attached hydrogens (tertiary/aromatic N) is 1. The number of hydrogen-bond donors (Lipinski definition) is 1. The van der Waals surface area contributed by atoms with E-state index in [1.807, 2.05) is 11.0 Å². The fourth-order valence-corrected chi connectivity index (χ4v) is 7.71. The van der Waals surface area contributed by atoms with Crippen LogP contribution in [0.15, 0.2) is 42.5 Å². The first kappa shape index (κ1) is 27.8. The quantitative estimate of drug-likeness (QED) is 0.266. The molecular formula is C35H46N2O2. The van der Waals surface area contributed by atoms with E-state index in [1.54, 1.807) is 7.11 Å². The maximum absolute atomic E-state index is 13.1. The number of nitrogens with one attached hydrogen (secondary N) is 1. The highest BCUT2D eigenvalue weighted by Crippen LogP contribution is 2.43. The molecule has 0 spiro atoms. The van der Waals surface area contributed by atoms with E-state index in [0.717, 1.165) is 73.4 Å². The summed E-state index contributed by atoms with van der Waals surface area (Å²) in [7, 11) is 1.71. The first-order chi connectivity index (χ1) is 19.1. The summed E-state index contributed by atoms with van der Waals surface area (Å²) in [6.07, 6.45) is 19.7. The Balaban J connectivity index is 1.28. The molecule has 2 unspecified atom stereocenters. The van der Waals surface area contributed by atoms with Crippen LogP contribution in [0.3, 0.4) is 0 Å². The molecule has 2 bridgehead atoms. The van der Waals surface area contributed by atoms with Gasteiger partial charge in [0.2, 0.25) is 0 Å². The largest absolute Gasteiger partial charge is 0.497 e. The van der Waals surface area contributed by atoms with Gasteiger partial charge in [-0.05, 0) is 103 Å². The summed E-state index contributed by atoms with van der Waals surface area (Å²) < 4.78 is 5.53. The lowest BCUT2D eigenvalue weighted by Crippen LogP contribution is -2.47. The van der Waals surface area contributed by atoms with Crippen molar-refractivity contribution in [1.29, 1.82) is 0 Å². The summed E-state index contributed by atoms with van der Waals surface area (Å²) in [5.41, 5.74) is 4.79. The zero-order valence-corrected chi connectivity index (χ0v) is 24.0. The Labute approximate surface area is 235 Å². The predicted octanol–water partition coefficient (Wildman–Crippen LogP) is 7.06. The van der Waals surface area contributed by atoms with Crippen LogP contribution in [0.1, 0.15) is 99.4 Å². The Bertz CT molecular complexity index is 1140. The lowest BCUT2D eigenvalue weighted by molar-refractivity contribution is -0.130. The van der Waals surface area contributed by atoms with Crippen LogP contribution in [-0.2, 0) is 17.8 Å². The first-order valence-corrected chi connectivity index (χ1v) is 15.3. The topological polar surface area (TPSA) is 41.6 Å². The Morgan fingerprint density at radius 1 is 1.08 bits per heavy atom. The number of carbonyl (C=O) groups is 1. The molecule has 0 saturated heterocycles. The van der Waals surface area contributed by atoms with Crippen molar-refractivity contribution >= 4 is 5.91 Å². The van der Waals surface area contributed by atoms with Crippen molar-refractivity contribution in [2.75, 3.05) is 13.7 Å². The maximum atomic E-state index is 13.1. The molecule has 2 fully saturated rings. The summed E-state index contributed by atoms with van der Waals surface area (Å²) in [4.78, 5) is 15.1. The van der Waals surface area contributed by atoms with Gasteiger partial charge >= 0.3 is 0 Å². The molecule has 2 aliphatic carbocycles. The van der Waals surface area contributed by atoms with Crippen molar-refractivity contribution < 1.29 is 9.53 Å². The SMILES string of the molecule is C#CC(=O)N1[C@@H](CCCC)Cc2cc(OC)ccc2[C@@H]1c1ccc(CNCCC2CC3CCCC(C3)C2)cc1. The molecule has 4 heteroatoms. The van der Waals surface area contributed by atoms with Crippen molar-refractivity contribution in [2.45, 2.75) is 96.2 Å². The summed E-state index contributed by atoms with van der Waals surface area (Å²) >= 11 is 0. The third-order valence-corrected chi connectivity index (χ3v) is 9.60. The second-order valence-corrected chi connectivity index (χ2v) is 12.3. The third-order valence-electron chi connectivity index (χ3n) is 9.60. The van der Waals surface area contributed by atoms with Gasteiger partial charge in [-0.25, -0.2) is 0 Å². The number of terminal acetylenes is 1. The smallest absolute Gasteiger partial charge is 0.299 e. The van der Waals surface area contributed by atoms with Gasteiger partial charge in [-0.15, -0.1) is 6.42 Å². The third kappa shape index (κ3) is 6.52. The molecule has 0 aromatic heterocycles. The fourth-order valence-electron chi connectivity index (χ4n) is 7.71. The van der Waals surface area contributed by atoms with Gasteiger partial charge in [-0.3, -0.25) is 4.79 Å². The van der Waals surface area contributed by atoms with Crippen LogP contribution in [0.2, 0.25) is 0 Å². The number of benzene rings is 2. The minimum atomic E-state index is -0.222. The molecule has 1 N–H and O–H groups in total. The summed E-state index contributed by atoms with van der Waals surface area (Å²) in [5, 5.41) is 3.70. The van der Waals surface area contributed by atoms with Crippen LogP contribution < -0.4 is 10.1 Å². The van der Waals surface area contributed by atoms with Gasteiger partial charge in [0.05, 0.1) is 13.2 Å². The second kappa shape index (κ2) is 13.1. The van der Waals surface area contributed by atoms with Crippen LogP contribution in [0.4, 0.5) is 0 Å². The van der Waals surface area contributed by atoms with Gasteiger partial charge in [-0.1, -0.05) is 69.4 Å². The summed E-state index contributed by atoms with van der Waals surface area (Å²) in [5.74, 6) is 5.99. The van der Waals surface area contributed by atoms with Crippen molar-refractivity contribution in [1.82, 2.24) is 10.2 Å². The lowest BCUT2D eigenvalue weighted by atomic mass is 9.67. The van der Waals surface area contributed by atoms with Gasteiger partial charge in [0, 0.05) is 12.6 Å². The molecule has 1 aliphatic heterocycles. The van der Waals surface area contributed by atoms with Crippen molar-refractivity contribution in [3.63, 3.8) is 0 Å². The molecule has 2 aromatic carbocycles. The monoisotopic (exact) mass is 526 g/mol. The normalized spacial score (nSPS) is 26.0. The van der Waals surface area contributed by atoms with Gasteiger partial charge in [0.25, 0.3) is 5.91 Å². The van der Waals surface area contributed by atoms with Crippen LogP contribution >= 0.6 is 0 Å². The molecule has 39 heavy (non-hydrogen) atoms. The highest BCUT2D eigenvalue weighted by Gasteiger charge is 2.38. The molecule has 4 atom stereocenters. The molecular weight excluding hydrogens is 480 g/mol. The van der Waals surface area contributed by atoms with Crippen LogP contribution in [0, 0.1) is 30.1 Å². The highest BCUT2D eigenvalue weighted by molar-refractivity contribution is 5.94. The average Bonchev–Trinajstić information content (AvgIpc) is 2.97. The average molecular weight is 527 g/mol. The molecule has 5 rings (SSSR count). The standard InChI is InChI=1S/C35H46N2O2/c1-4-6-10-31-22-30-23-32(39-3)15-16-33(30)35(37(31)34(38)5-2)29-13-11-25(12-14-29)24-36-18-17-28-20-26-8-7-9-27(19-26)21-28/h2,11-16,23,26-28,31,35-36H,4,6-10,17-22,24H2,1,3H3/t26?,27?,28?,31-,35-/m0/s1. The summed E-state index contributed by atoms with van der Waals surface area (Å²) in [6.45, 7) is 4.16. The zero-order chi connectivity index (χ0) is 27.2. The van der Waals surface area contributed by atoms with Crippen molar-refractivity contribution in [2.24, 2.45) is 17.8 Å². The van der Waals surface area contributed by atoms with Crippen molar-refractivity contribution in [3.8, 4) is 18.1 Å². The molecule has 3 aliphatic rings. The minimum Gasteiger partial charge on any atom is -0.497 e. The number of methoxy groups -OCH3 is 1. The molecule has 208 valence electrons. The number of carbonyl (C=O) groups excluding carboxylic acids is 1. The molecule has 0 radical (unpaired) electrons. The highest BCUT2D eigenvalue weighted by atomic mass is 16.5. The number of fused-ring (bicyclic) bond motifs is 3. The van der Waals surface area contributed by atoms with E-state index in [-0.39, 0.29) is 18.0 Å². The van der Waals surface area contributed by atoms with Gasteiger partial charge in [0.15, 0.2) is 0 Å². The Morgan fingerprint density at radius 3 is 2.54 bits per heavy atom. The van der Waals surface area contributed by atoms with Crippen LogP contribution in [0.5, 0.6) is 5.75 Å². The van der Waals surface area contributed by atoms with E-state index in [4.69, 9.17) is 11.2 Å². The number of unbranched alkanes of at least 4 members (excludes halogenated alkanes) is 1. The van der Waals surface area contributed by atoms with Crippen molar-refractivity contribution in [3.05, 3.63) is 64.7 Å². The molecule has 1 amide bonds. The number of rotatable bonds is 10. The van der Waals surface area contributed by atoms with Crippen LogP contribution in [0.25, 0.3) is 0 Å². The molecule has 2 aromatic rings. The Kier molecular flexibility index (Phi) is 9.30. The Morgan fingerprint density at radius 2 is 1.85 bits per heavy atom. The van der Waals surface area contributed by atoms with Gasteiger partial charge < -0.3 is 15.0 Å². The maximum Gasteiger partial charge on any atom is 0.299 e. The van der Waals surface area contributed by atoms with Crippen LogP contribution in [-0.4, -0.2) is 30.5 Å². The van der Waals surface area contributed by atoms with E-state index >= 15 is 0 Å². The molecule has 2 saturated carbocycles. The molecule has 1 heterocycles. The fraction of sp³-hybridized carbons (Fsp3) is 0.571. The molecule has 4 nitrogen and oxygen atoms in total. The van der Waals surface area contributed by atoms with Gasteiger partial charge in [0.1, 0.15) is 5.75 Å². The number of hydrogen-bond acceptors (Lipinski definition) is 3. The zero-order valence-electron chi connectivity index (χ0n) is 24.0. The second-order valence-electron chi connectivity index (χ2n) is 12.3. The summed E-state index contributed by atoms with van der Waals surface area (Å²) in [6, 6.07) is 15.0. The minimum absolute atomic E-state index is 0.0822. The van der Waals surface area contributed by atoms with E-state index in [0.29, 0.717) is 0 Å².